The van der Waals surface area contributed by atoms with Crippen LogP contribution in [0, 0.1) is 5.82 Å². The second-order valence-corrected chi connectivity index (χ2v) is 12.0. The molecular formula is C29H27FN2O5S. The molecule has 7 nitrogen and oxygen atoms in total. The zero-order valence-electron chi connectivity index (χ0n) is 21.1. The summed E-state index contributed by atoms with van der Waals surface area (Å²) in [4.78, 5) is 13.1. The summed E-state index contributed by atoms with van der Waals surface area (Å²) in [5.41, 5.74) is 3.08. The van der Waals surface area contributed by atoms with Gasteiger partial charge in [0, 0.05) is 30.6 Å². The van der Waals surface area contributed by atoms with Crippen LogP contribution in [-0.4, -0.2) is 34.2 Å². The third-order valence-electron chi connectivity index (χ3n) is 7.54. The van der Waals surface area contributed by atoms with Crippen LogP contribution >= 0.6 is 0 Å². The number of amides is 1. The summed E-state index contributed by atoms with van der Waals surface area (Å²) in [5, 5.41) is 3.38. The highest BCUT2D eigenvalue weighted by Gasteiger charge is 2.48. The molecule has 0 unspecified atom stereocenters. The molecule has 1 aliphatic carbocycles. The zero-order chi connectivity index (χ0) is 26.7. The van der Waals surface area contributed by atoms with E-state index in [4.69, 9.17) is 9.15 Å². The van der Waals surface area contributed by atoms with Crippen LogP contribution in [0.5, 0.6) is 11.5 Å². The molecule has 0 saturated heterocycles. The zero-order valence-corrected chi connectivity index (χ0v) is 21.9. The predicted octanol–water partition coefficient (Wildman–Crippen LogP) is 5.98. The number of anilines is 1. The second kappa shape index (κ2) is 8.87. The van der Waals surface area contributed by atoms with E-state index >= 15 is 0 Å². The Bertz CT molecular complexity index is 1660. The monoisotopic (exact) mass is 534 g/mol. The highest BCUT2D eigenvalue weighted by atomic mass is 32.2. The first-order valence-corrected chi connectivity index (χ1v) is 14.4. The largest absolute Gasteiger partial charge is 0.457 e. The molecule has 1 saturated carbocycles. The van der Waals surface area contributed by atoms with Gasteiger partial charge in [-0.3, -0.25) is 9.10 Å². The van der Waals surface area contributed by atoms with E-state index in [-0.39, 0.29) is 17.1 Å². The standard InChI is InChI=1S/C29H27FN2O5S/c1-31-28(33)26-22-16-23-24(32(38(2,34)35)15-3-12-29(23)13-14-29)17-25(22)37-27(26)18-4-8-20(9-5-18)36-21-10-6-19(30)7-11-21/h4-11,16-17H,3,12-15H2,1-2H3,(H,31,33). The Morgan fingerprint density at radius 2 is 1.68 bits per heavy atom. The fourth-order valence-corrected chi connectivity index (χ4v) is 6.43. The number of carbonyl (C=O) groups is 1. The van der Waals surface area contributed by atoms with Crippen molar-refractivity contribution in [3.05, 3.63) is 77.6 Å². The molecule has 1 spiro atoms. The van der Waals surface area contributed by atoms with E-state index in [1.165, 1.54) is 22.7 Å². The average molecular weight is 535 g/mol. The molecule has 196 valence electrons. The molecule has 1 N–H and O–H groups in total. The van der Waals surface area contributed by atoms with Crippen LogP contribution in [0.2, 0.25) is 0 Å². The van der Waals surface area contributed by atoms with E-state index in [2.05, 4.69) is 5.32 Å². The molecule has 1 fully saturated rings. The molecule has 1 aromatic heterocycles. The predicted molar refractivity (Wildman–Crippen MR) is 144 cm³/mol. The van der Waals surface area contributed by atoms with Crippen LogP contribution in [0.4, 0.5) is 10.1 Å². The van der Waals surface area contributed by atoms with Gasteiger partial charge in [0.25, 0.3) is 5.91 Å². The summed E-state index contributed by atoms with van der Waals surface area (Å²) in [7, 11) is -1.91. The van der Waals surface area contributed by atoms with Gasteiger partial charge in [0.2, 0.25) is 10.0 Å². The molecule has 0 bridgehead atoms. The lowest BCUT2D eigenvalue weighted by Crippen LogP contribution is -2.30. The van der Waals surface area contributed by atoms with Crippen LogP contribution in [0.15, 0.2) is 65.1 Å². The molecular weight excluding hydrogens is 507 g/mol. The van der Waals surface area contributed by atoms with Crippen molar-refractivity contribution in [2.24, 2.45) is 0 Å². The average Bonchev–Trinajstić information content (AvgIpc) is 3.62. The quantitative estimate of drug-likeness (QED) is 0.340. The first-order valence-electron chi connectivity index (χ1n) is 12.5. The van der Waals surface area contributed by atoms with Gasteiger partial charge in [-0.15, -0.1) is 0 Å². The molecule has 1 amide bonds. The molecule has 2 heterocycles. The summed E-state index contributed by atoms with van der Waals surface area (Å²) < 4.78 is 52.1. The van der Waals surface area contributed by atoms with E-state index in [9.17, 15) is 17.6 Å². The molecule has 4 aromatic rings. The minimum Gasteiger partial charge on any atom is -0.457 e. The lowest BCUT2D eigenvalue weighted by molar-refractivity contribution is 0.0964. The summed E-state index contributed by atoms with van der Waals surface area (Å²) in [6, 6.07) is 16.6. The molecule has 38 heavy (non-hydrogen) atoms. The van der Waals surface area contributed by atoms with Gasteiger partial charge in [-0.25, -0.2) is 12.8 Å². The maximum absolute atomic E-state index is 13.2. The number of hydrogen-bond acceptors (Lipinski definition) is 5. The number of carbonyl (C=O) groups excluding carboxylic acids is 1. The number of rotatable bonds is 5. The summed E-state index contributed by atoms with van der Waals surface area (Å²) >= 11 is 0. The third-order valence-corrected chi connectivity index (χ3v) is 8.72. The fraction of sp³-hybridized carbons (Fsp3) is 0.276. The summed E-state index contributed by atoms with van der Waals surface area (Å²) in [5.74, 6) is 0.806. The van der Waals surface area contributed by atoms with Gasteiger partial charge >= 0.3 is 0 Å². The number of benzene rings is 3. The number of ether oxygens (including phenoxy) is 1. The van der Waals surface area contributed by atoms with Gasteiger partial charge in [0.15, 0.2) is 0 Å². The molecule has 6 rings (SSSR count). The van der Waals surface area contributed by atoms with Crippen molar-refractivity contribution in [3.8, 4) is 22.8 Å². The molecule has 1 aliphatic heterocycles. The number of sulfonamides is 1. The Morgan fingerprint density at radius 1 is 1.03 bits per heavy atom. The van der Waals surface area contributed by atoms with Gasteiger partial charge < -0.3 is 14.5 Å². The Labute approximate surface area is 220 Å². The number of nitrogens with one attached hydrogen (secondary N) is 1. The first-order chi connectivity index (χ1) is 18.2. The van der Waals surface area contributed by atoms with Crippen LogP contribution in [-0.2, 0) is 15.4 Å². The lowest BCUT2D eigenvalue weighted by atomic mass is 9.89. The van der Waals surface area contributed by atoms with Gasteiger partial charge in [-0.2, -0.15) is 0 Å². The Kier molecular flexibility index (Phi) is 5.72. The van der Waals surface area contributed by atoms with E-state index in [0.29, 0.717) is 51.6 Å². The normalized spacial score (nSPS) is 16.2. The van der Waals surface area contributed by atoms with Crippen molar-refractivity contribution in [3.63, 3.8) is 0 Å². The SMILES string of the molecule is CNC(=O)c1c(-c2ccc(Oc3ccc(F)cc3)cc2)oc2cc3c(cc12)C1(CCCN3S(C)(=O)=O)CC1. The lowest BCUT2D eigenvalue weighted by Gasteiger charge is -2.23. The van der Waals surface area contributed by atoms with Gasteiger partial charge in [-0.1, -0.05) is 0 Å². The highest BCUT2D eigenvalue weighted by molar-refractivity contribution is 7.92. The van der Waals surface area contributed by atoms with Crippen LogP contribution in [0.3, 0.4) is 0 Å². The summed E-state index contributed by atoms with van der Waals surface area (Å²) in [6.45, 7) is 0.421. The molecule has 3 aromatic carbocycles. The Balaban J connectivity index is 1.46. The Hall–Kier alpha value is -3.85. The van der Waals surface area contributed by atoms with Crippen LogP contribution < -0.4 is 14.4 Å². The second-order valence-electron chi connectivity index (χ2n) is 10.1. The minimum atomic E-state index is -3.49. The van der Waals surface area contributed by atoms with Crippen LogP contribution in [0.1, 0.15) is 41.6 Å². The molecule has 2 aliphatic rings. The van der Waals surface area contributed by atoms with Gasteiger partial charge in [-0.05, 0) is 91.3 Å². The molecule has 9 heteroatoms. The first kappa shape index (κ1) is 24.5. The molecule has 0 radical (unpaired) electrons. The van der Waals surface area contributed by atoms with Gasteiger partial charge in [0.05, 0.1) is 17.5 Å². The maximum Gasteiger partial charge on any atom is 0.255 e. The van der Waals surface area contributed by atoms with E-state index < -0.39 is 10.0 Å². The van der Waals surface area contributed by atoms with Gasteiger partial charge in [0.1, 0.15) is 28.7 Å². The maximum atomic E-state index is 13.2. The van der Waals surface area contributed by atoms with E-state index in [0.717, 1.165) is 31.2 Å². The van der Waals surface area contributed by atoms with Crippen molar-refractivity contribution in [1.82, 2.24) is 5.32 Å². The topological polar surface area (TPSA) is 88.8 Å². The number of hydrogen-bond donors (Lipinski definition) is 1. The van der Waals surface area contributed by atoms with Crippen LogP contribution in [0.25, 0.3) is 22.3 Å². The van der Waals surface area contributed by atoms with Crippen molar-refractivity contribution < 1.29 is 26.8 Å². The Morgan fingerprint density at radius 3 is 2.29 bits per heavy atom. The smallest absolute Gasteiger partial charge is 0.255 e. The number of fused-ring (bicyclic) bond motifs is 3. The third kappa shape index (κ3) is 4.20. The van der Waals surface area contributed by atoms with Crippen molar-refractivity contribution in [1.29, 1.82) is 0 Å². The summed E-state index contributed by atoms with van der Waals surface area (Å²) in [6.07, 6.45) is 4.91. The number of furan rings is 1. The highest BCUT2D eigenvalue weighted by Crippen LogP contribution is 2.57. The van der Waals surface area contributed by atoms with Crippen molar-refractivity contribution >= 4 is 32.6 Å². The number of nitrogens with zero attached hydrogens (tertiary/aromatic N) is 1. The number of halogens is 1. The minimum absolute atomic E-state index is 0.0559. The molecule has 0 atom stereocenters. The van der Waals surface area contributed by atoms with E-state index in [1.54, 1.807) is 49.5 Å². The van der Waals surface area contributed by atoms with Crippen molar-refractivity contribution in [2.45, 2.75) is 31.1 Å². The van der Waals surface area contributed by atoms with E-state index in [1.807, 2.05) is 6.07 Å². The van der Waals surface area contributed by atoms with Crippen molar-refractivity contribution in [2.75, 3.05) is 24.2 Å². The fourth-order valence-electron chi connectivity index (χ4n) is 5.46.